The summed E-state index contributed by atoms with van der Waals surface area (Å²) in [7, 11) is 0. The minimum absolute atomic E-state index is 0.0289. The zero-order chi connectivity index (χ0) is 9.30. The van der Waals surface area contributed by atoms with E-state index in [-0.39, 0.29) is 5.71 Å². The lowest BCUT2D eigenvalue weighted by Crippen LogP contribution is -2.36. The molecule has 0 aromatic carbocycles. The van der Waals surface area contributed by atoms with Crippen LogP contribution in [0.25, 0.3) is 0 Å². The number of carbonyl (C=O) groups excluding carboxylic acids is 2. The van der Waals surface area contributed by atoms with Crippen LogP contribution < -0.4 is 0 Å². The zero-order valence-corrected chi connectivity index (χ0v) is 6.27. The fourth-order valence-corrected chi connectivity index (χ4v) is 0.809. The van der Waals surface area contributed by atoms with E-state index >= 15 is 0 Å². The Morgan fingerprint density at radius 3 is 2.50 bits per heavy atom. The Hall–Kier alpha value is -1.72. The molecule has 0 aliphatic carbocycles. The SMILES string of the molecule is CC1=NC(=O)N(CC(=O)O)C1=O. The summed E-state index contributed by atoms with van der Waals surface area (Å²) in [6, 6.07) is -0.806. The van der Waals surface area contributed by atoms with E-state index in [9.17, 15) is 14.4 Å². The van der Waals surface area contributed by atoms with Crippen molar-refractivity contribution in [3.05, 3.63) is 0 Å². The van der Waals surface area contributed by atoms with E-state index in [0.29, 0.717) is 4.90 Å². The van der Waals surface area contributed by atoms with E-state index in [1.807, 2.05) is 0 Å². The molecule has 0 unspecified atom stereocenters. The molecule has 0 fully saturated rings. The number of rotatable bonds is 2. The third-order valence-corrected chi connectivity index (χ3v) is 1.34. The molecule has 0 aromatic rings. The minimum atomic E-state index is -1.23. The lowest BCUT2D eigenvalue weighted by molar-refractivity contribution is -0.140. The van der Waals surface area contributed by atoms with E-state index in [0.717, 1.165) is 0 Å². The molecule has 0 spiro atoms. The van der Waals surface area contributed by atoms with E-state index < -0.39 is 24.5 Å². The lowest BCUT2D eigenvalue weighted by Gasteiger charge is -2.07. The highest BCUT2D eigenvalue weighted by molar-refractivity contribution is 6.45. The largest absolute Gasteiger partial charge is 0.480 e. The zero-order valence-electron chi connectivity index (χ0n) is 6.27. The van der Waals surface area contributed by atoms with Crippen LogP contribution in [-0.2, 0) is 9.59 Å². The van der Waals surface area contributed by atoms with Crippen molar-refractivity contribution in [3.8, 4) is 0 Å². The van der Waals surface area contributed by atoms with Gasteiger partial charge >= 0.3 is 12.0 Å². The molecule has 3 amide bonds. The second kappa shape index (κ2) is 2.72. The van der Waals surface area contributed by atoms with Crippen LogP contribution in [0.2, 0.25) is 0 Å². The maximum atomic E-state index is 11.0. The van der Waals surface area contributed by atoms with Crippen LogP contribution in [-0.4, -0.2) is 40.2 Å². The molecule has 0 atom stereocenters. The molecule has 0 saturated carbocycles. The van der Waals surface area contributed by atoms with Crippen molar-refractivity contribution in [2.75, 3.05) is 6.54 Å². The van der Waals surface area contributed by atoms with Crippen LogP contribution in [0.3, 0.4) is 0 Å². The van der Waals surface area contributed by atoms with Gasteiger partial charge in [-0.1, -0.05) is 0 Å². The minimum Gasteiger partial charge on any atom is -0.480 e. The molecule has 1 heterocycles. The van der Waals surface area contributed by atoms with Gasteiger partial charge < -0.3 is 5.11 Å². The number of carboxylic acids is 1. The Balaban J connectivity index is 2.77. The second-order valence-corrected chi connectivity index (χ2v) is 2.26. The van der Waals surface area contributed by atoms with Crippen molar-refractivity contribution >= 4 is 23.6 Å². The van der Waals surface area contributed by atoms with Crippen LogP contribution in [0.1, 0.15) is 6.92 Å². The van der Waals surface area contributed by atoms with E-state index in [2.05, 4.69) is 4.99 Å². The number of aliphatic carboxylic acids is 1. The van der Waals surface area contributed by atoms with Gasteiger partial charge in [0.05, 0.1) is 0 Å². The number of amides is 3. The Morgan fingerprint density at radius 2 is 2.17 bits per heavy atom. The molecule has 1 aliphatic rings. The van der Waals surface area contributed by atoms with Gasteiger partial charge in [-0.25, -0.2) is 9.69 Å². The maximum Gasteiger partial charge on any atom is 0.351 e. The van der Waals surface area contributed by atoms with Crippen molar-refractivity contribution < 1.29 is 19.5 Å². The molecule has 64 valence electrons. The average Bonchev–Trinajstić information content (AvgIpc) is 2.16. The topological polar surface area (TPSA) is 87.0 Å². The summed E-state index contributed by atoms with van der Waals surface area (Å²) >= 11 is 0. The van der Waals surface area contributed by atoms with E-state index in [1.165, 1.54) is 6.92 Å². The predicted molar refractivity (Wildman–Crippen MR) is 37.9 cm³/mol. The molecular formula is C6H6N2O4. The molecule has 1 rings (SSSR count). The number of nitrogens with zero attached hydrogens (tertiary/aromatic N) is 2. The molecule has 0 aromatic heterocycles. The molecule has 1 aliphatic heterocycles. The van der Waals surface area contributed by atoms with Gasteiger partial charge in [-0.05, 0) is 6.92 Å². The third-order valence-electron chi connectivity index (χ3n) is 1.34. The summed E-state index contributed by atoms with van der Waals surface area (Å²) in [4.78, 5) is 35.8. The summed E-state index contributed by atoms with van der Waals surface area (Å²) in [6.07, 6.45) is 0. The molecule has 0 radical (unpaired) electrons. The number of hydrogen-bond donors (Lipinski definition) is 1. The molecule has 0 saturated heterocycles. The van der Waals surface area contributed by atoms with Crippen molar-refractivity contribution in [2.24, 2.45) is 4.99 Å². The smallest absolute Gasteiger partial charge is 0.351 e. The van der Waals surface area contributed by atoms with Gasteiger partial charge in [0.2, 0.25) is 0 Å². The van der Waals surface area contributed by atoms with Gasteiger partial charge in [0.1, 0.15) is 12.3 Å². The first-order chi connectivity index (χ1) is 5.52. The summed E-state index contributed by atoms with van der Waals surface area (Å²) in [5.74, 6) is -1.87. The van der Waals surface area contributed by atoms with Crippen LogP contribution in [0.5, 0.6) is 0 Å². The highest BCUT2D eigenvalue weighted by Crippen LogP contribution is 2.04. The maximum absolute atomic E-state index is 11.0. The average molecular weight is 170 g/mol. The molecule has 12 heavy (non-hydrogen) atoms. The fraction of sp³-hybridized carbons (Fsp3) is 0.333. The van der Waals surface area contributed by atoms with Crippen molar-refractivity contribution in [3.63, 3.8) is 0 Å². The third kappa shape index (κ3) is 1.31. The van der Waals surface area contributed by atoms with Gasteiger partial charge in [-0.3, -0.25) is 9.59 Å². The standard InChI is InChI=1S/C6H6N2O4/c1-3-5(11)8(2-4(9)10)6(12)7-3/h2H2,1H3,(H,9,10). The first-order valence-electron chi connectivity index (χ1n) is 3.15. The second-order valence-electron chi connectivity index (χ2n) is 2.26. The number of carboxylic acid groups (broad SMARTS) is 1. The van der Waals surface area contributed by atoms with Gasteiger partial charge in [-0.15, -0.1) is 0 Å². The molecule has 6 heteroatoms. The molecular weight excluding hydrogens is 164 g/mol. The van der Waals surface area contributed by atoms with Crippen molar-refractivity contribution in [1.29, 1.82) is 0 Å². The van der Waals surface area contributed by atoms with Crippen LogP contribution in [0.4, 0.5) is 4.79 Å². The summed E-state index contributed by atoms with van der Waals surface area (Å²) in [5, 5.41) is 8.30. The van der Waals surface area contributed by atoms with Crippen LogP contribution >= 0.6 is 0 Å². The number of urea groups is 1. The molecule has 1 N–H and O–H groups in total. The van der Waals surface area contributed by atoms with Gasteiger partial charge in [0.25, 0.3) is 5.91 Å². The van der Waals surface area contributed by atoms with E-state index in [1.54, 1.807) is 0 Å². The summed E-state index contributed by atoms with van der Waals surface area (Å²) in [6.45, 7) is 0.737. The van der Waals surface area contributed by atoms with Crippen molar-refractivity contribution in [2.45, 2.75) is 6.92 Å². The lowest BCUT2D eigenvalue weighted by atomic mass is 10.4. The normalized spacial score (nSPS) is 16.8. The first-order valence-corrected chi connectivity index (χ1v) is 3.15. The van der Waals surface area contributed by atoms with Crippen molar-refractivity contribution in [1.82, 2.24) is 4.90 Å². The van der Waals surface area contributed by atoms with Gasteiger partial charge in [-0.2, -0.15) is 4.99 Å². The summed E-state index contributed by atoms with van der Waals surface area (Å²) < 4.78 is 0. The Bertz CT molecular complexity index is 294. The van der Waals surface area contributed by atoms with Crippen LogP contribution in [0, 0.1) is 0 Å². The monoisotopic (exact) mass is 170 g/mol. The van der Waals surface area contributed by atoms with Gasteiger partial charge in [0, 0.05) is 0 Å². The highest BCUT2D eigenvalue weighted by Gasteiger charge is 2.31. The predicted octanol–water partition coefficient (Wildman–Crippen LogP) is -0.506. The fourth-order valence-electron chi connectivity index (χ4n) is 0.809. The van der Waals surface area contributed by atoms with Gasteiger partial charge in [0.15, 0.2) is 0 Å². The van der Waals surface area contributed by atoms with Crippen LogP contribution in [0.15, 0.2) is 4.99 Å². The highest BCUT2D eigenvalue weighted by atomic mass is 16.4. The number of hydrogen-bond acceptors (Lipinski definition) is 3. The number of carbonyl (C=O) groups is 3. The number of imide groups is 1. The quantitative estimate of drug-likeness (QED) is 0.604. The molecule has 6 nitrogen and oxygen atoms in total. The first kappa shape index (κ1) is 8.38. The molecule has 0 bridgehead atoms. The van der Waals surface area contributed by atoms with E-state index in [4.69, 9.17) is 5.11 Å². The number of aliphatic imine (C=N–C) groups is 1. The Morgan fingerprint density at radius 1 is 1.58 bits per heavy atom. The Kier molecular flexibility index (Phi) is 1.90. The summed E-state index contributed by atoms with van der Waals surface area (Å²) in [5.41, 5.74) is 0.0289. The Labute approximate surface area is 67.5 Å².